The van der Waals surface area contributed by atoms with E-state index in [0.29, 0.717) is 23.8 Å². The highest BCUT2D eigenvalue weighted by Crippen LogP contribution is 2.39. The number of hydrogen-bond donors (Lipinski definition) is 3. The van der Waals surface area contributed by atoms with Crippen LogP contribution in [-0.2, 0) is 5.41 Å². The number of nitriles is 2. The van der Waals surface area contributed by atoms with Crippen LogP contribution in [0.4, 0.5) is 0 Å². The Morgan fingerprint density at radius 1 is 1.09 bits per heavy atom. The normalized spacial score (nSPS) is 20.1. The van der Waals surface area contributed by atoms with Gasteiger partial charge in [-0.1, -0.05) is 42.5 Å². The molecule has 33 heavy (non-hydrogen) atoms. The molecule has 1 aliphatic rings. The van der Waals surface area contributed by atoms with E-state index in [-0.39, 0.29) is 23.9 Å². The quantitative estimate of drug-likeness (QED) is 0.261. The van der Waals surface area contributed by atoms with Crippen molar-refractivity contribution in [2.45, 2.75) is 37.1 Å². The number of nitrogens with zero attached hydrogens (tertiary/aromatic N) is 3. The Morgan fingerprint density at radius 2 is 1.79 bits per heavy atom. The number of ether oxygens (including phenoxy) is 1. The molecule has 0 aromatic heterocycles. The number of nitrogens with one attached hydrogen (secondary N) is 3. The van der Waals surface area contributed by atoms with Crippen LogP contribution in [0.15, 0.2) is 59.6 Å². The number of carbonyl (C=O) groups excluding carboxylic acids is 1. The average Bonchev–Trinajstić information content (AvgIpc) is 2.87. The Balaban J connectivity index is 1.72. The second-order valence-corrected chi connectivity index (χ2v) is 8.02. The number of aliphatic imine (C=N–C) groups is 1. The number of guanidine groups is 1. The first-order chi connectivity index (χ1) is 16.1. The Labute approximate surface area is 194 Å². The maximum atomic E-state index is 12.9. The highest BCUT2D eigenvalue weighted by molar-refractivity contribution is 5.97. The summed E-state index contributed by atoms with van der Waals surface area (Å²) in [6, 6.07) is 19.6. The zero-order chi connectivity index (χ0) is 23.5. The van der Waals surface area contributed by atoms with E-state index in [1.807, 2.05) is 36.4 Å². The van der Waals surface area contributed by atoms with Gasteiger partial charge in [-0.15, -0.1) is 4.99 Å². The number of amides is 1. The molecule has 1 fully saturated rings. The van der Waals surface area contributed by atoms with Gasteiger partial charge in [-0.3, -0.25) is 4.79 Å². The predicted octanol–water partition coefficient (Wildman–Crippen LogP) is 2.85. The van der Waals surface area contributed by atoms with Gasteiger partial charge in [0.25, 0.3) is 5.91 Å². The molecule has 3 N–H and O–H groups in total. The van der Waals surface area contributed by atoms with Crippen LogP contribution in [0.1, 0.15) is 41.6 Å². The van der Waals surface area contributed by atoms with E-state index in [2.05, 4.69) is 33.1 Å². The predicted molar refractivity (Wildman–Crippen MR) is 126 cm³/mol. The molecule has 2 aromatic carbocycles. The van der Waals surface area contributed by atoms with Gasteiger partial charge in [0.05, 0.1) is 18.7 Å². The third kappa shape index (κ3) is 6.02. The zero-order valence-corrected chi connectivity index (χ0v) is 18.7. The fraction of sp³-hybridized carbons (Fsp3) is 0.360. The van der Waals surface area contributed by atoms with Crippen molar-refractivity contribution in [1.82, 2.24) is 16.0 Å². The van der Waals surface area contributed by atoms with Crippen molar-refractivity contribution < 1.29 is 9.53 Å². The summed E-state index contributed by atoms with van der Waals surface area (Å²) in [5.41, 5.74) is 1.50. The molecule has 0 heterocycles. The molecule has 8 nitrogen and oxygen atoms in total. The van der Waals surface area contributed by atoms with Gasteiger partial charge in [0.1, 0.15) is 12.3 Å². The molecule has 2 aromatic rings. The topological polar surface area (TPSA) is 122 Å². The molecule has 0 radical (unpaired) electrons. The van der Waals surface area contributed by atoms with E-state index in [4.69, 9.17) is 15.3 Å². The molecule has 0 spiro atoms. The van der Waals surface area contributed by atoms with Crippen LogP contribution in [0.2, 0.25) is 0 Å². The first kappa shape index (κ1) is 23.6. The van der Waals surface area contributed by atoms with E-state index in [9.17, 15) is 4.79 Å². The summed E-state index contributed by atoms with van der Waals surface area (Å²) in [7, 11) is 1.56. The highest BCUT2D eigenvalue weighted by atomic mass is 16.5. The second kappa shape index (κ2) is 11.5. The van der Waals surface area contributed by atoms with Crippen molar-refractivity contribution in [3.05, 3.63) is 65.7 Å². The van der Waals surface area contributed by atoms with Gasteiger partial charge >= 0.3 is 0 Å². The van der Waals surface area contributed by atoms with Crippen LogP contribution in [-0.4, -0.2) is 38.1 Å². The molecule has 1 aliphatic carbocycles. The smallest absolute Gasteiger partial charge is 0.255 e. The summed E-state index contributed by atoms with van der Waals surface area (Å²) in [5.74, 6) is 0.707. The molecule has 0 bridgehead atoms. The average molecular weight is 445 g/mol. The lowest BCUT2D eigenvalue weighted by atomic mass is 9.68. The third-order valence-corrected chi connectivity index (χ3v) is 6.11. The molecule has 3 rings (SSSR count). The molecule has 170 valence electrons. The van der Waals surface area contributed by atoms with Crippen molar-refractivity contribution in [3.63, 3.8) is 0 Å². The number of rotatable bonds is 7. The van der Waals surface area contributed by atoms with Crippen LogP contribution >= 0.6 is 0 Å². The lowest BCUT2D eigenvalue weighted by molar-refractivity contribution is 0.0932. The van der Waals surface area contributed by atoms with Crippen molar-refractivity contribution in [2.75, 3.05) is 20.2 Å². The molecule has 8 heteroatoms. The maximum Gasteiger partial charge on any atom is 0.255 e. The Morgan fingerprint density at radius 3 is 2.45 bits per heavy atom. The van der Waals surface area contributed by atoms with Crippen molar-refractivity contribution in [3.8, 4) is 18.0 Å². The van der Waals surface area contributed by atoms with E-state index < -0.39 is 0 Å². The summed E-state index contributed by atoms with van der Waals surface area (Å²) in [4.78, 5) is 16.7. The van der Waals surface area contributed by atoms with E-state index >= 15 is 0 Å². The van der Waals surface area contributed by atoms with Gasteiger partial charge in [-0.05, 0) is 43.4 Å². The molecule has 0 unspecified atom stereocenters. The van der Waals surface area contributed by atoms with E-state index in [1.165, 1.54) is 5.56 Å². The van der Waals surface area contributed by atoms with Crippen LogP contribution < -0.4 is 20.7 Å². The fourth-order valence-electron chi connectivity index (χ4n) is 4.34. The number of benzene rings is 2. The van der Waals surface area contributed by atoms with Crippen LogP contribution in [0.25, 0.3) is 0 Å². The second-order valence-electron chi connectivity index (χ2n) is 8.02. The molecule has 0 atom stereocenters. The molecule has 0 saturated heterocycles. The van der Waals surface area contributed by atoms with Gasteiger partial charge in [0.15, 0.2) is 0 Å². The maximum absolute atomic E-state index is 12.9. The summed E-state index contributed by atoms with van der Waals surface area (Å²) in [6.07, 6.45) is 5.12. The summed E-state index contributed by atoms with van der Waals surface area (Å²) in [6.45, 7) is 0.579. The first-order valence-corrected chi connectivity index (χ1v) is 10.9. The van der Waals surface area contributed by atoms with Crippen molar-refractivity contribution in [1.29, 1.82) is 10.5 Å². The lowest BCUT2D eigenvalue weighted by Crippen LogP contribution is -2.49. The van der Waals surface area contributed by atoms with E-state index in [1.54, 1.807) is 25.4 Å². The van der Waals surface area contributed by atoms with Gasteiger partial charge in [0.2, 0.25) is 12.2 Å². The first-order valence-electron chi connectivity index (χ1n) is 10.9. The Kier molecular flexibility index (Phi) is 8.26. The van der Waals surface area contributed by atoms with Crippen molar-refractivity contribution >= 4 is 11.9 Å². The molecular formula is C25H28N6O2. The summed E-state index contributed by atoms with van der Waals surface area (Å²) in [5, 5.41) is 26.9. The minimum Gasteiger partial charge on any atom is -0.496 e. The van der Waals surface area contributed by atoms with Gasteiger partial charge in [-0.2, -0.15) is 10.5 Å². The summed E-state index contributed by atoms with van der Waals surface area (Å²) < 4.78 is 5.34. The molecule has 1 amide bonds. The van der Waals surface area contributed by atoms with Gasteiger partial charge < -0.3 is 20.7 Å². The standard InChI is InChI=1S/C25H28N6O2/c1-33-22-10-6-5-9-21(22)23(32)29-17-25(19-7-3-2-4-8-19)13-11-20(12-14-25)31-24(30-18-27)28-16-15-26/h2-10,20H,11-14,16-17H2,1H3,(H,29,32)(H2,28,30,31)/t20-,25-. The Hall–Kier alpha value is -4.04. The third-order valence-electron chi connectivity index (χ3n) is 6.11. The van der Waals surface area contributed by atoms with Crippen LogP contribution in [0.3, 0.4) is 0 Å². The Bertz CT molecular complexity index is 1050. The molecule has 1 saturated carbocycles. The zero-order valence-electron chi connectivity index (χ0n) is 18.7. The lowest BCUT2D eigenvalue weighted by Gasteiger charge is -2.41. The number of hydrogen-bond acceptors (Lipinski definition) is 5. The molecular weight excluding hydrogens is 416 g/mol. The monoisotopic (exact) mass is 444 g/mol. The van der Waals surface area contributed by atoms with Gasteiger partial charge in [-0.25, -0.2) is 0 Å². The van der Waals surface area contributed by atoms with E-state index in [0.717, 1.165) is 25.7 Å². The minimum absolute atomic E-state index is 0.0726. The summed E-state index contributed by atoms with van der Waals surface area (Å²) >= 11 is 0. The van der Waals surface area contributed by atoms with Crippen LogP contribution in [0.5, 0.6) is 5.75 Å². The fourth-order valence-corrected chi connectivity index (χ4v) is 4.34. The number of carbonyl (C=O) groups is 1. The number of para-hydroxylation sites is 1. The largest absolute Gasteiger partial charge is 0.496 e. The minimum atomic E-state index is -0.205. The van der Waals surface area contributed by atoms with Gasteiger partial charge in [0, 0.05) is 18.0 Å². The molecule has 0 aliphatic heterocycles. The SMILES string of the molecule is COc1ccccc1C(=O)NC[C@]1(c2ccccc2)CC[C@H](N/C(=N\C#N)NCC#N)CC1. The number of methoxy groups -OCH3 is 1. The van der Waals surface area contributed by atoms with Crippen molar-refractivity contribution in [2.24, 2.45) is 4.99 Å². The highest BCUT2D eigenvalue weighted by Gasteiger charge is 2.37. The van der Waals surface area contributed by atoms with Crippen LogP contribution in [0, 0.1) is 22.8 Å².